The molecule has 1 aromatic rings. The van der Waals surface area contributed by atoms with Gasteiger partial charge in [-0.25, -0.2) is 9.78 Å². The lowest BCUT2D eigenvalue weighted by molar-refractivity contribution is 0.232. The van der Waals surface area contributed by atoms with Crippen molar-refractivity contribution in [1.29, 1.82) is 0 Å². The van der Waals surface area contributed by atoms with Crippen molar-refractivity contribution in [2.75, 3.05) is 0 Å². The Morgan fingerprint density at radius 3 is 2.67 bits per heavy atom. The van der Waals surface area contributed by atoms with Gasteiger partial charge in [0, 0.05) is 10.9 Å². The first-order valence-corrected chi connectivity index (χ1v) is 7.44. The van der Waals surface area contributed by atoms with E-state index >= 15 is 0 Å². The molecule has 0 saturated heterocycles. The molecular weight excluding hydrogens is 246 g/mol. The number of carbonyl (C=O) groups is 1. The predicted molar refractivity (Wildman–Crippen MR) is 73.8 cm³/mol. The summed E-state index contributed by atoms with van der Waals surface area (Å²) in [5.41, 5.74) is 1.02. The van der Waals surface area contributed by atoms with Gasteiger partial charge >= 0.3 is 6.03 Å². The van der Waals surface area contributed by atoms with Crippen molar-refractivity contribution in [3.8, 4) is 0 Å². The third kappa shape index (κ3) is 3.70. The van der Waals surface area contributed by atoms with E-state index < -0.39 is 0 Å². The topological polar surface area (TPSA) is 54.0 Å². The molecule has 2 rings (SSSR count). The van der Waals surface area contributed by atoms with Crippen LogP contribution < -0.4 is 10.6 Å². The van der Waals surface area contributed by atoms with Crippen LogP contribution in [0.25, 0.3) is 0 Å². The van der Waals surface area contributed by atoms with E-state index in [1.54, 1.807) is 11.3 Å². The zero-order valence-corrected chi connectivity index (χ0v) is 11.9. The van der Waals surface area contributed by atoms with E-state index in [4.69, 9.17) is 0 Å². The summed E-state index contributed by atoms with van der Waals surface area (Å²) >= 11 is 1.65. The van der Waals surface area contributed by atoms with Crippen molar-refractivity contribution in [2.45, 2.75) is 58.5 Å². The molecule has 0 bridgehead atoms. The minimum atomic E-state index is -0.0487. The fourth-order valence-corrected chi connectivity index (χ4v) is 3.26. The van der Waals surface area contributed by atoms with Gasteiger partial charge in [-0.05, 0) is 26.7 Å². The quantitative estimate of drug-likeness (QED) is 0.884. The number of aromatic nitrogens is 1. The molecule has 5 heteroatoms. The molecular formula is C13H21N3OS. The van der Waals surface area contributed by atoms with Crippen LogP contribution in [-0.4, -0.2) is 17.1 Å². The van der Waals surface area contributed by atoms with Crippen LogP contribution in [0.4, 0.5) is 4.79 Å². The van der Waals surface area contributed by atoms with Crippen LogP contribution in [0.15, 0.2) is 0 Å². The van der Waals surface area contributed by atoms with Crippen LogP contribution >= 0.6 is 11.3 Å². The first-order chi connectivity index (χ1) is 8.65. The highest BCUT2D eigenvalue weighted by Gasteiger charge is 2.15. The Bertz CT molecular complexity index is 410. The van der Waals surface area contributed by atoms with E-state index in [2.05, 4.69) is 15.6 Å². The van der Waals surface area contributed by atoms with E-state index in [0.29, 0.717) is 12.6 Å². The van der Waals surface area contributed by atoms with E-state index in [9.17, 15) is 4.79 Å². The van der Waals surface area contributed by atoms with Crippen molar-refractivity contribution >= 4 is 17.4 Å². The summed E-state index contributed by atoms with van der Waals surface area (Å²) in [4.78, 5) is 17.3. The number of nitrogens with one attached hydrogen (secondary N) is 2. The second kappa shape index (κ2) is 6.18. The van der Waals surface area contributed by atoms with Gasteiger partial charge in [-0.2, -0.15) is 0 Å². The number of carbonyl (C=O) groups excluding carboxylic acids is 1. The first kappa shape index (κ1) is 13.3. The zero-order chi connectivity index (χ0) is 13.0. The summed E-state index contributed by atoms with van der Waals surface area (Å²) in [5.74, 6) is 0. The van der Waals surface area contributed by atoms with Crippen LogP contribution in [0.3, 0.4) is 0 Å². The number of hydrogen-bond acceptors (Lipinski definition) is 3. The molecule has 0 atom stereocenters. The Morgan fingerprint density at radius 2 is 2.06 bits per heavy atom. The number of hydrogen-bond donors (Lipinski definition) is 2. The number of nitrogens with zero attached hydrogens (tertiary/aromatic N) is 1. The molecule has 1 aromatic heterocycles. The molecule has 1 heterocycles. The maximum atomic E-state index is 11.8. The number of rotatable bonds is 3. The summed E-state index contributed by atoms with van der Waals surface area (Å²) in [6.45, 7) is 4.55. The van der Waals surface area contributed by atoms with Crippen LogP contribution in [-0.2, 0) is 6.54 Å². The lowest BCUT2D eigenvalue weighted by Crippen LogP contribution is -2.42. The largest absolute Gasteiger partial charge is 0.335 e. The normalized spacial score (nSPS) is 16.6. The van der Waals surface area contributed by atoms with Crippen molar-refractivity contribution < 1.29 is 4.79 Å². The lowest BCUT2D eigenvalue weighted by atomic mass is 9.96. The van der Waals surface area contributed by atoms with Gasteiger partial charge in [0.05, 0.1) is 17.2 Å². The van der Waals surface area contributed by atoms with Gasteiger partial charge in [0.15, 0.2) is 0 Å². The molecule has 2 amide bonds. The van der Waals surface area contributed by atoms with Crippen LogP contribution in [0, 0.1) is 13.8 Å². The van der Waals surface area contributed by atoms with Gasteiger partial charge in [0.1, 0.15) is 0 Å². The third-order valence-electron chi connectivity index (χ3n) is 3.35. The molecule has 0 aromatic carbocycles. The molecule has 1 aliphatic carbocycles. The van der Waals surface area contributed by atoms with E-state index in [1.165, 1.54) is 19.3 Å². The first-order valence-electron chi connectivity index (χ1n) is 6.62. The third-order valence-corrected chi connectivity index (χ3v) is 4.42. The standard InChI is InChI=1S/C13H21N3OS/c1-9-12(18-10(2)15-9)8-14-13(17)16-11-6-4-3-5-7-11/h11H,3-8H2,1-2H3,(H2,14,16,17). The highest BCUT2D eigenvalue weighted by Crippen LogP contribution is 2.18. The Balaban J connectivity index is 1.75. The second-order valence-electron chi connectivity index (χ2n) is 4.90. The summed E-state index contributed by atoms with van der Waals surface area (Å²) in [7, 11) is 0. The molecule has 0 radical (unpaired) electrons. The van der Waals surface area contributed by atoms with E-state index in [1.807, 2.05) is 13.8 Å². The lowest BCUT2D eigenvalue weighted by Gasteiger charge is -2.22. The van der Waals surface area contributed by atoms with Gasteiger partial charge in [-0.1, -0.05) is 19.3 Å². The predicted octanol–water partition coefficient (Wildman–Crippen LogP) is 2.89. The summed E-state index contributed by atoms with van der Waals surface area (Å²) in [6.07, 6.45) is 6.01. The molecule has 4 nitrogen and oxygen atoms in total. The summed E-state index contributed by atoms with van der Waals surface area (Å²) < 4.78 is 0. The fraction of sp³-hybridized carbons (Fsp3) is 0.692. The maximum absolute atomic E-state index is 11.8. The molecule has 1 aliphatic rings. The minimum Gasteiger partial charge on any atom is -0.335 e. The SMILES string of the molecule is Cc1nc(C)c(CNC(=O)NC2CCCCC2)s1. The number of amides is 2. The van der Waals surface area contributed by atoms with Crippen LogP contribution in [0.2, 0.25) is 0 Å². The van der Waals surface area contributed by atoms with Crippen molar-refractivity contribution in [1.82, 2.24) is 15.6 Å². The molecule has 0 aliphatic heterocycles. The highest BCUT2D eigenvalue weighted by molar-refractivity contribution is 7.11. The molecule has 2 N–H and O–H groups in total. The molecule has 1 saturated carbocycles. The summed E-state index contributed by atoms with van der Waals surface area (Å²) in [6, 6.07) is 0.315. The van der Waals surface area contributed by atoms with Gasteiger partial charge in [-0.3, -0.25) is 0 Å². The Hall–Kier alpha value is -1.10. The van der Waals surface area contributed by atoms with E-state index in [0.717, 1.165) is 28.4 Å². The molecule has 0 spiro atoms. The molecule has 100 valence electrons. The Labute approximate surface area is 112 Å². The Kier molecular flexibility index (Phi) is 4.58. The average molecular weight is 267 g/mol. The summed E-state index contributed by atoms with van der Waals surface area (Å²) in [5, 5.41) is 7.02. The smallest absolute Gasteiger partial charge is 0.315 e. The van der Waals surface area contributed by atoms with Crippen LogP contribution in [0.1, 0.15) is 47.7 Å². The van der Waals surface area contributed by atoms with Gasteiger partial charge < -0.3 is 10.6 Å². The molecule has 18 heavy (non-hydrogen) atoms. The highest BCUT2D eigenvalue weighted by atomic mass is 32.1. The van der Waals surface area contributed by atoms with Crippen LogP contribution in [0.5, 0.6) is 0 Å². The number of urea groups is 1. The number of aryl methyl sites for hydroxylation is 2. The van der Waals surface area contributed by atoms with E-state index in [-0.39, 0.29) is 6.03 Å². The van der Waals surface area contributed by atoms with Gasteiger partial charge in [0.2, 0.25) is 0 Å². The second-order valence-corrected chi connectivity index (χ2v) is 6.19. The average Bonchev–Trinajstić information content (AvgIpc) is 2.66. The molecule has 1 fully saturated rings. The molecule has 0 unspecified atom stereocenters. The fourth-order valence-electron chi connectivity index (χ4n) is 2.38. The monoisotopic (exact) mass is 267 g/mol. The van der Waals surface area contributed by atoms with Gasteiger partial charge in [-0.15, -0.1) is 11.3 Å². The Morgan fingerprint density at radius 1 is 1.33 bits per heavy atom. The van der Waals surface area contributed by atoms with Crippen molar-refractivity contribution in [2.24, 2.45) is 0 Å². The van der Waals surface area contributed by atoms with Gasteiger partial charge in [0.25, 0.3) is 0 Å². The number of thiazole rings is 1. The zero-order valence-electron chi connectivity index (χ0n) is 11.1. The van der Waals surface area contributed by atoms with Crippen molar-refractivity contribution in [3.63, 3.8) is 0 Å². The minimum absolute atomic E-state index is 0.0487. The maximum Gasteiger partial charge on any atom is 0.315 e. The van der Waals surface area contributed by atoms with Crippen molar-refractivity contribution in [3.05, 3.63) is 15.6 Å².